The Labute approximate surface area is 227 Å². The molecule has 4 aliphatic rings. The number of nitrogens with one attached hydrogen (secondary N) is 2. The number of rotatable bonds is 8. The van der Waals surface area contributed by atoms with Crippen molar-refractivity contribution >= 4 is 29.5 Å². The van der Waals surface area contributed by atoms with E-state index in [2.05, 4.69) is 17.6 Å². The molecule has 2 aromatic carbocycles. The average Bonchev–Trinajstić information content (AvgIpc) is 3.65. The molecule has 9 heteroatoms. The van der Waals surface area contributed by atoms with Crippen molar-refractivity contribution < 1.29 is 23.9 Å². The molecule has 0 bridgehead atoms. The van der Waals surface area contributed by atoms with Crippen LogP contribution in [0.2, 0.25) is 0 Å². The molecule has 4 amide bonds. The molecule has 0 radical (unpaired) electrons. The number of ether oxygens (including phenoxy) is 1. The topological polar surface area (TPSA) is 131 Å². The summed E-state index contributed by atoms with van der Waals surface area (Å²) in [7, 11) is 0. The van der Waals surface area contributed by atoms with Crippen LogP contribution in [0.4, 0.5) is 10.5 Å². The molecule has 3 atom stereocenters. The number of hydrogen-bond donors (Lipinski definition) is 3. The van der Waals surface area contributed by atoms with E-state index in [9.17, 15) is 19.2 Å². The minimum absolute atomic E-state index is 0.0131. The molecule has 1 heterocycles. The number of nitrogens with zero attached hydrogens (tertiary/aromatic N) is 1. The zero-order valence-electron chi connectivity index (χ0n) is 22.1. The highest BCUT2D eigenvalue weighted by Crippen LogP contribution is 2.51. The molecule has 2 saturated carbocycles. The van der Waals surface area contributed by atoms with Gasteiger partial charge in [0.25, 0.3) is 5.91 Å². The largest absolute Gasteiger partial charge is 0.427 e. The van der Waals surface area contributed by atoms with Crippen molar-refractivity contribution in [1.82, 2.24) is 10.2 Å². The number of anilines is 1. The summed E-state index contributed by atoms with van der Waals surface area (Å²) < 4.78 is 5.58. The molecule has 6 rings (SSSR count). The van der Waals surface area contributed by atoms with E-state index in [1.807, 2.05) is 35.2 Å². The van der Waals surface area contributed by atoms with Crippen LogP contribution in [0.15, 0.2) is 48.5 Å². The number of imide groups is 1. The van der Waals surface area contributed by atoms with E-state index < -0.39 is 23.1 Å². The number of fused-ring (bicyclic) bond motifs is 2. The maximum atomic E-state index is 13.9. The molecule has 4 N–H and O–H groups in total. The highest BCUT2D eigenvalue weighted by Gasteiger charge is 2.57. The highest BCUT2D eigenvalue weighted by molar-refractivity contribution is 6.04. The third-order valence-corrected chi connectivity index (χ3v) is 9.00. The summed E-state index contributed by atoms with van der Waals surface area (Å²) in [5, 5.41) is 5.18. The second-order valence-corrected chi connectivity index (χ2v) is 11.6. The fourth-order valence-electron chi connectivity index (χ4n) is 6.27. The van der Waals surface area contributed by atoms with E-state index in [0.717, 1.165) is 30.4 Å². The highest BCUT2D eigenvalue weighted by atomic mass is 16.6. The fraction of sp³-hybridized carbons (Fsp3) is 0.467. The van der Waals surface area contributed by atoms with Gasteiger partial charge >= 0.3 is 6.09 Å². The van der Waals surface area contributed by atoms with E-state index in [4.69, 9.17) is 10.5 Å². The predicted molar refractivity (Wildman–Crippen MR) is 143 cm³/mol. The van der Waals surface area contributed by atoms with Gasteiger partial charge in [-0.1, -0.05) is 36.4 Å². The summed E-state index contributed by atoms with van der Waals surface area (Å²) in [6, 6.07) is 15.2. The van der Waals surface area contributed by atoms with E-state index in [-0.39, 0.29) is 36.6 Å². The molecule has 39 heavy (non-hydrogen) atoms. The van der Waals surface area contributed by atoms with Gasteiger partial charge in [-0.2, -0.15) is 0 Å². The molecular formula is C30H34N4O5. The Morgan fingerprint density at radius 3 is 2.51 bits per heavy atom. The first-order valence-corrected chi connectivity index (χ1v) is 13.8. The lowest BCUT2D eigenvalue weighted by Crippen LogP contribution is -2.56. The normalized spacial score (nSPS) is 25.3. The van der Waals surface area contributed by atoms with Gasteiger partial charge < -0.3 is 20.7 Å². The van der Waals surface area contributed by atoms with Crippen LogP contribution in [0.1, 0.15) is 74.5 Å². The first-order chi connectivity index (χ1) is 18.7. The van der Waals surface area contributed by atoms with Crippen molar-refractivity contribution in [2.24, 2.45) is 11.7 Å². The first-order valence-electron chi connectivity index (χ1n) is 13.8. The Hall–Kier alpha value is -3.72. The minimum atomic E-state index is -1.48. The van der Waals surface area contributed by atoms with Crippen molar-refractivity contribution in [1.29, 1.82) is 0 Å². The SMILES string of the molecule is C[C@@H](C1CC1)N(Cc1ccccc1)C(=O)CC1CC2(OC(=O)NC2=O)c2ccc(NC(=O)C3(N)CCC3)cc21. The molecular weight excluding hydrogens is 496 g/mol. The molecule has 2 aromatic rings. The molecule has 3 aliphatic carbocycles. The van der Waals surface area contributed by atoms with Crippen molar-refractivity contribution in [3.05, 3.63) is 65.2 Å². The summed E-state index contributed by atoms with van der Waals surface area (Å²) in [5.74, 6) is -0.671. The van der Waals surface area contributed by atoms with Crippen LogP contribution in [0.25, 0.3) is 0 Å². The zero-order chi connectivity index (χ0) is 27.4. The minimum Gasteiger partial charge on any atom is -0.427 e. The lowest BCUT2D eigenvalue weighted by Gasteiger charge is -2.36. The van der Waals surface area contributed by atoms with Gasteiger partial charge in [0.2, 0.25) is 17.4 Å². The Balaban J connectivity index is 1.29. The van der Waals surface area contributed by atoms with Crippen molar-refractivity contribution in [3.8, 4) is 0 Å². The monoisotopic (exact) mass is 530 g/mol. The lowest BCUT2D eigenvalue weighted by molar-refractivity contribution is -0.136. The van der Waals surface area contributed by atoms with Gasteiger partial charge in [-0.05, 0) is 74.1 Å². The predicted octanol–water partition coefficient (Wildman–Crippen LogP) is 3.67. The lowest BCUT2D eigenvalue weighted by atomic mass is 9.77. The Morgan fingerprint density at radius 2 is 1.90 bits per heavy atom. The van der Waals surface area contributed by atoms with Gasteiger partial charge in [-0.25, -0.2) is 4.79 Å². The van der Waals surface area contributed by atoms with Crippen molar-refractivity contribution in [3.63, 3.8) is 0 Å². The van der Waals surface area contributed by atoms with Gasteiger partial charge in [0.15, 0.2) is 0 Å². The summed E-state index contributed by atoms with van der Waals surface area (Å²) in [6.45, 7) is 2.61. The maximum Gasteiger partial charge on any atom is 0.415 e. The van der Waals surface area contributed by atoms with Crippen LogP contribution in [0, 0.1) is 5.92 Å². The summed E-state index contributed by atoms with van der Waals surface area (Å²) >= 11 is 0. The molecule has 1 saturated heterocycles. The van der Waals surface area contributed by atoms with Crippen LogP contribution >= 0.6 is 0 Å². The average molecular weight is 531 g/mol. The van der Waals surface area contributed by atoms with Crippen molar-refractivity contribution in [2.75, 3.05) is 5.32 Å². The van der Waals surface area contributed by atoms with E-state index >= 15 is 0 Å². The molecule has 2 unspecified atom stereocenters. The number of hydrogen-bond acceptors (Lipinski definition) is 6. The number of alkyl carbamates (subject to hydrolysis) is 1. The number of benzene rings is 2. The van der Waals surface area contributed by atoms with Crippen LogP contribution in [-0.2, 0) is 31.3 Å². The van der Waals surface area contributed by atoms with Crippen molar-refractivity contribution in [2.45, 2.75) is 81.5 Å². The quantitative estimate of drug-likeness (QED) is 0.477. The summed E-state index contributed by atoms with van der Waals surface area (Å²) in [4.78, 5) is 53.7. The Bertz CT molecular complexity index is 1340. The van der Waals surface area contributed by atoms with E-state index in [1.165, 1.54) is 0 Å². The Morgan fingerprint density at radius 1 is 1.15 bits per heavy atom. The summed E-state index contributed by atoms with van der Waals surface area (Å²) in [6.07, 6.45) is 3.93. The van der Waals surface area contributed by atoms with Crippen LogP contribution in [-0.4, -0.2) is 40.3 Å². The Kier molecular flexibility index (Phi) is 6.21. The smallest absolute Gasteiger partial charge is 0.415 e. The molecule has 1 spiro atoms. The first kappa shape index (κ1) is 25.6. The van der Waals surface area contributed by atoms with Gasteiger partial charge in [0, 0.05) is 36.7 Å². The molecule has 0 aromatic heterocycles. The third kappa shape index (κ3) is 4.58. The molecule has 204 valence electrons. The van der Waals surface area contributed by atoms with Crippen LogP contribution in [0.5, 0.6) is 0 Å². The maximum absolute atomic E-state index is 13.9. The van der Waals surface area contributed by atoms with Gasteiger partial charge in [0.05, 0.1) is 5.54 Å². The number of amides is 4. The standard InChI is InChI=1S/C30H34N4O5/c1-18(20-8-9-20)34(17-19-6-3-2-4-7-19)25(35)14-21-16-30(27(37)33-28(38)39-30)24-11-10-22(15-23(21)24)32-26(36)29(31)12-5-13-29/h2-4,6-7,10-11,15,18,20-21H,5,8-9,12-14,16-17,31H2,1H3,(H,32,36)(H,33,37,38)/t18-,21?,30?/m0/s1. The number of nitrogens with two attached hydrogens (primary N) is 1. The third-order valence-electron chi connectivity index (χ3n) is 9.00. The molecule has 9 nitrogen and oxygen atoms in total. The van der Waals surface area contributed by atoms with Crippen LogP contribution < -0.4 is 16.4 Å². The molecule has 1 aliphatic heterocycles. The second-order valence-electron chi connectivity index (χ2n) is 11.6. The number of carbonyl (C=O) groups excluding carboxylic acids is 4. The van der Waals surface area contributed by atoms with Gasteiger partial charge in [-0.3, -0.25) is 19.7 Å². The van der Waals surface area contributed by atoms with Gasteiger partial charge in [0.1, 0.15) is 0 Å². The molecule has 3 fully saturated rings. The number of carbonyl (C=O) groups is 4. The van der Waals surface area contributed by atoms with E-state index in [0.29, 0.717) is 36.6 Å². The fourth-order valence-corrected chi connectivity index (χ4v) is 6.27. The van der Waals surface area contributed by atoms with Gasteiger partial charge in [-0.15, -0.1) is 0 Å². The zero-order valence-corrected chi connectivity index (χ0v) is 22.1. The van der Waals surface area contributed by atoms with Crippen LogP contribution in [0.3, 0.4) is 0 Å². The summed E-state index contributed by atoms with van der Waals surface area (Å²) in [5.41, 5.74) is 6.75. The second kappa shape index (κ2) is 9.48. The van der Waals surface area contributed by atoms with E-state index in [1.54, 1.807) is 18.2 Å².